The fraction of sp³-hybridized carbons (Fsp3) is 0.222. The maximum atomic E-state index is 13.8. The highest BCUT2D eigenvalue weighted by Gasteiger charge is 2.15. The molecule has 2 aromatic rings. The summed E-state index contributed by atoms with van der Waals surface area (Å²) >= 11 is 0. The molecular weight excluding hydrogens is 281 g/mol. The summed E-state index contributed by atoms with van der Waals surface area (Å²) in [5.41, 5.74) is 2.23. The lowest BCUT2D eigenvalue weighted by atomic mass is 9.91. The molecule has 112 valence electrons. The van der Waals surface area contributed by atoms with Crippen molar-refractivity contribution < 1.29 is 14.3 Å². The second-order valence-corrected chi connectivity index (χ2v) is 5.05. The number of carbonyl (C=O) groups is 1. The van der Waals surface area contributed by atoms with Crippen LogP contribution in [-0.2, 0) is 6.42 Å². The zero-order valence-electron chi connectivity index (χ0n) is 12.3. The zero-order valence-corrected chi connectivity index (χ0v) is 12.3. The quantitative estimate of drug-likeness (QED) is 0.889. The van der Waals surface area contributed by atoms with Gasteiger partial charge in [-0.3, -0.25) is 0 Å². The lowest BCUT2D eigenvalue weighted by molar-refractivity contribution is 0.0695. The van der Waals surface area contributed by atoms with Crippen molar-refractivity contribution in [3.05, 3.63) is 58.9 Å². The van der Waals surface area contributed by atoms with E-state index in [0.29, 0.717) is 23.1 Å². The van der Waals surface area contributed by atoms with E-state index in [1.807, 2.05) is 6.92 Å². The molecule has 0 atom stereocenters. The Balaban J connectivity index is 2.59. The van der Waals surface area contributed by atoms with E-state index >= 15 is 0 Å². The van der Waals surface area contributed by atoms with E-state index in [9.17, 15) is 14.3 Å². The van der Waals surface area contributed by atoms with Gasteiger partial charge in [0, 0.05) is 0 Å². The molecule has 3 nitrogen and oxygen atoms in total. The summed E-state index contributed by atoms with van der Waals surface area (Å²) in [5, 5.41) is 18.2. The van der Waals surface area contributed by atoms with Crippen LogP contribution in [0.3, 0.4) is 0 Å². The van der Waals surface area contributed by atoms with Crippen molar-refractivity contribution in [3.63, 3.8) is 0 Å². The van der Waals surface area contributed by atoms with E-state index in [1.165, 1.54) is 12.1 Å². The summed E-state index contributed by atoms with van der Waals surface area (Å²) in [6.07, 6.45) is 2.42. The second kappa shape index (κ2) is 6.86. The van der Waals surface area contributed by atoms with Crippen LogP contribution in [0, 0.1) is 17.1 Å². The number of hydrogen-bond donors (Lipinski definition) is 1. The molecule has 0 aliphatic carbocycles. The lowest BCUT2D eigenvalue weighted by Crippen LogP contribution is -2.04. The first-order valence-electron chi connectivity index (χ1n) is 7.13. The number of hydrogen-bond acceptors (Lipinski definition) is 2. The second-order valence-electron chi connectivity index (χ2n) is 5.05. The molecule has 4 heteroatoms. The van der Waals surface area contributed by atoms with Gasteiger partial charge in [0.05, 0.1) is 11.1 Å². The number of rotatable bonds is 5. The maximum Gasteiger partial charge on any atom is 0.335 e. The third kappa shape index (κ3) is 3.15. The summed E-state index contributed by atoms with van der Waals surface area (Å²) in [4.78, 5) is 11.4. The highest BCUT2D eigenvalue weighted by Crippen LogP contribution is 2.29. The average molecular weight is 297 g/mol. The fourth-order valence-corrected chi connectivity index (χ4v) is 2.45. The Morgan fingerprint density at radius 3 is 2.68 bits per heavy atom. The molecule has 0 fully saturated rings. The van der Waals surface area contributed by atoms with Crippen LogP contribution in [0.5, 0.6) is 0 Å². The van der Waals surface area contributed by atoms with Crippen molar-refractivity contribution in [2.24, 2.45) is 0 Å². The molecule has 0 unspecified atom stereocenters. The number of halogens is 1. The van der Waals surface area contributed by atoms with Crippen LogP contribution in [0.2, 0.25) is 0 Å². The van der Waals surface area contributed by atoms with Gasteiger partial charge in [0.15, 0.2) is 0 Å². The molecule has 0 heterocycles. The largest absolute Gasteiger partial charge is 0.478 e. The van der Waals surface area contributed by atoms with Gasteiger partial charge >= 0.3 is 5.97 Å². The normalized spacial score (nSPS) is 10.2. The Morgan fingerprint density at radius 1 is 1.32 bits per heavy atom. The van der Waals surface area contributed by atoms with E-state index < -0.39 is 11.8 Å². The molecule has 0 aliphatic heterocycles. The average Bonchev–Trinajstić information content (AvgIpc) is 2.52. The Labute approximate surface area is 128 Å². The molecule has 0 aromatic heterocycles. The van der Waals surface area contributed by atoms with Crippen LogP contribution in [0.4, 0.5) is 4.39 Å². The number of nitrogens with zero attached hydrogens (tertiary/aromatic N) is 1. The number of nitriles is 1. The minimum atomic E-state index is -0.984. The predicted molar refractivity (Wildman–Crippen MR) is 82.1 cm³/mol. The molecule has 0 saturated heterocycles. The standard InChI is InChI=1S/C18H16FNO2/c1-2-3-5-15-14(6-4-7-16(15)18(21)22)12-8-9-13(11-20)17(19)10-12/h4,6-10H,2-3,5H2,1H3,(H,21,22). The van der Waals surface area contributed by atoms with Crippen molar-refractivity contribution >= 4 is 5.97 Å². The number of benzene rings is 2. The number of carboxylic acid groups (broad SMARTS) is 1. The van der Waals surface area contributed by atoms with E-state index in [1.54, 1.807) is 30.3 Å². The van der Waals surface area contributed by atoms with Crippen molar-refractivity contribution in [2.45, 2.75) is 26.2 Å². The van der Waals surface area contributed by atoms with E-state index in [0.717, 1.165) is 12.8 Å². The van der Waals surface area contributed by atoms with E-state index in [4.69, 9.17) is 5.26 Å². The summed E-state index contributed by atoms with van der Waals surface area (Å²) < 4.78 is 13.8. The maximum absolute atomic E-state index is 13.8. The molecule has 2 aromatic carbocycles. The van der Waals surface area contributed by atoms with Gasteiger partial charge < -0.3 is 5.11 Å². The van der Waals surface area contributed by atoms with Gasteiger partial charge in [0.25, 0.3) is 0 Å². The number of aromatic carboxylic acids is 1. The molecule has 2 rings (SSSR count). The van der Waals surface area contributed by atoms with Crippen LogP contribution in [0.15, 0.2) is 36.4 Å². The highest BCUT2D eigenvalue weighted by molar-refractivity contribution is 5.92. The minimum Gasteiger partial charge on any atom is -0.478 e. The molecule has 1 N–H and O–H groups in total. The summed E-state index contributed by atoms with van der Waals surface area (Å²) in [6, 6.07) is 11.2. The van der Waals surface area contributed by atoms with Gasteiger partial charge in [0.1, 0.15) is 11.9 Å². The first kappa shape index (κ1) is 15.7. The smallest absolute Gasteiger partial charge is 0.335 e. The van der Waals surface area contributed by atoms with Crippen LogP contribution >= 0.6 is 0 Å². The van der Waals surface area contributed by atoms with Crippen LogP contribution in [-0.4, -0.2) is 11.1 Å². The Bertz CT molecular complexity index is 747. The molecule has 0 saturated carbocycles. The van der Waals surface area contributed by atoms with Gasteiger partial charge in [-0.15, -0.1) is 0 Å². The van der Waals surface area contributed by atoms with Crippen molar-refractivity contribution in [1.29, 1.82) is 5.26 Å². The number of unbranched alkanes of at least 4 members (excludes halogenated alkanes) is 1. The van der Waals surface area contributed by atoms with Gasteiger partial charge in [-0.05, 0) is 47.7 Å². The zero-order chi connectivity index (χ0) is 16.1. The first-order valence-corrected chi connectivity index (χ1v) is 7.13. The summed E-state index contributed by atoms with van der Waals surface area (Å²) in [5.74, 6) is -1.58. The highest BCUT2D eigenvalue weighted by atomic mass is 19.1. The van der Waals surface area contributed by atoms with Crippen molar-refractivity contribution in [1.82, 2.24) is 0 Å². The third-order valence-electron chi connectivity index (χ3n) is 3.59. The lowest BCUT2D eigenvalue weighted by Gasteiger charge is -2.13. The summed E-state index contributed by atoms with van der Waals surface area (Å²) in [7, 11) is 0. The van der Waals surface area contributed by atoms with Gasteiger partial charge in [-0.1, -0.05) is 31.5 Å². The molecule has 0 aliphatic rings. The Kier molecular flexibility index (Phi) is 4.90. The fourth-order valence-electron chi connectivity index (χ4n) is 2.45. The van der Waals surface area contributed by atoms with Crippen LogP contribution in [0.1, 0.15) is 41.3 Å². The van der Waals surface area contributed by atoms with Crippen molar-refractivity contribution in [2.75, 3.05) is 0 Å². The van der Waals surface area contributed by atoms with Crippen LogP contribution in [0.25, 0.3) is 11.1 Å². The Hall–Kier alpha value is -2.67. The number of carboxylic acids is 1. The topological polar surface area (TPSA) is 61.1 Å². The SMILES string of the molecule is CCCCc1c(C(=O)O)cccc1-c1ccc(C#N)c(F)c1. The Morgan fingerprint density at radius 2 is 2.09 bits per heavy atom. The van der Waals surface area contributed by atoms with Gasteiger partial charge in [-0.2, -0.15) is 5.26 Å². The third-order valence-corrected chi connectivity index (χ3v) is 3.59. The molecule has 0 radical (unpaired) electrons. The molecule has 0 bridgehead atoms. The molecule has 22 heavy (non-hydrogen) atoms. The molecule has 0 amide bonds. The predicted octanol–water partition coefficient (Wildman–Crippen LogP) is 4.41. The van der Waals surface area contributed by atoms with E-state index in [-0.39, 0.29) is 11.1 Å². The molecular formula is C18H16FNO2. The van der Waals surface area contributed by atoms with Crippen molar-refractivity contribution in [3.8, 4) is 17.2 Å². The van der Waals surface area contributed by atoms with Gasteiger partial charge in [-0.25, -0.2) is 9.18 Å². The van der Waals surface area contributed by atoms with Crippen LogP contribution < -0.4 is 0 Å². The molecule has 0 spiro atoms. The first-order chi connectivity index (χ1) is 10.6. The van der Waals surface area contributed by atoms with Gasteiger partial charge in [0.2, 0.25) is 0 Å². The monoisotopic (exact) mass is 297 g/mol. The van der Waals surface area contributed by atoms with E-state index in [2.05, 4.69) is 0 Å². The minimum absolute atomic E-state index is 0.0201. The summed E-state index contributed by atoms with van der Waals surface area (Å²) in [6.45, 7) is 2.03.